The monoisotopic (exact) mass is 256 g/mol. The van der Waals surface area contributed by atoms with Crippen molar-refractivity contribution in [3.8, 4) is 0 Å². The summed E-state index contributed by atoms with van der Waals surface area (Å²) in [4.78, 5) is 11.8. The van der Waals surface area contributed by atoms with Crippen molar-refractivity contribution in [2.24, 2.45) is 5.92 Å². The maximum absolute atomic E-state index is 11.8. The van der Waals surface area contributed by atoms with Crippen molar-refractivity contribution >= 4 is 5.91 Å². The van der Waals surface area contributed by atoms with Crippen LogP contribution in [0.25, 0.3) is 0 Å². The molecule has 0 aliphatic carbocycles. The SMILES string of the molecule is O=C(CC1CCCNC1)NCC1(O)CCOCC1. The Balaban J connectivity index is 1.67. The highest BCUT2D eigenvalue weighted by molar-refractivity contribution is 5.76. The lowest BCUT2D eigenvalue weighted by Crippen LogP contribution is -2.47. The number of hydrogen-bond acceptors (Lipinski definition) is 4. The molecule has 0 saturated carbocycles. The normalized spacial score (nSPS) is 27.7. The fraction of sp³-hybridized carbons (Fsp3) is 0.923. The van der Waals surface area contributed by atoms with Gasteiger partial charge in [0.05, 0.1) is 5.60 Å². The number of amides is 1. The molecule has 0 radical (unpaired) electrons. The van der Waals surface area contributed by atoms with Crippen LogP contribution < -0.4 is 10.6 Å². The van der Waals surface area contributed by atoms with E-state index in [0.29, 0.717) is 44.9 Å². The first-order chi connectivity index (χ1) is 8.68. The van der Waals surface area contributed by atoms with Crippen LogP contribution in [-0.4, -0.2) is 49.5 Å². The van der Waals surface area contributed by atoms with Crippen molar-refractivity contribution in [1.82, 2.24) is 10.6 Å². The number of hydrogen-bond donors (Lipinski definition) is 3. The Morgan fingerprint density at radius 3 is 2.89 bits per heavy atom. The van der Waals surface area contributed by atoms with Crippen LogP contribution in [0.4, 0.5) is 0 Å². The van der Waals surface area contributed by atoms with Gasteiger partial charge >= 0.3 is 0 Å². The summed E-state index contributed by atoms with van der Waals surface area (Å²) >= 11 is 0. The largest absolute Gasteiger partial charge is 0.388 e. The van der Waals surface area contributed by atoms with Crippen molar-refractivity contribution in [3.05, 3.63) is 0 Å². The van der Waals surface area contributed by atoms with Gasteiger partial charge in [-0.15, -0.1) is 0 Å². The van der Waals surface area contributed by atoms with Gasteiger partial charge in [0.15, 0.2) is 0 Å². The summed E-state index contributed by atoms with van der Waals surface area (Å²) in [7, 11) is 0. The van der Waals surface area contributed by atoms with E-state index in [2.05, 4.69) is 10.6 Å². The molecule has 1 atom stereocenters. The minimum Gasteiger partial charge on any atom is -0.388 e. The van der Waals surface area contributed by atoms with Gasteiger partial charge in [0.25, 0.3) is 0 Å². The van der Waals surface area contributed by atoms with Crippen LogP contribution in [0.2, 0.25) is 0 Å². The second kappa shape index (κ2) is 6.50. The van der Waals surface area contributed by atoms with Gasteiger partial charge in [-0.05, 0) is 31.8 Å². The van der Waals surface area contributed by atoms with Gasteiger partial charge in [0.2, 0.25) is 5.91 Å². The predicted octanol–water partition coefficient (Wildman–Crippen LogP) is 0.0338. The molecule has 2 aliphatic heterocycles. The van der Waals surface area contributed by atoms with Crippen LogP contribution in [-0.2, 0) is 9.53 Å². The van der Waals surface area contributed by atoms with Crippen molar-refractivity contribution in [2.75, 3.05) is 32.8 Å². The number of ether oxygens (including phenoxy) is 1. The molecule has 104 valence electrons. The van der Waals surface area contributed by atoms with Gasteiger partial charge in [0.1, 0.15) is 0 Å². The fourth-order valence-corrected chi connectivity index (χ4v) is 2.62. The molecule has 18 heavy (non-hydrogen) atoms. The van der Waals surface area contributed by atoms with Crippen LogP contribution in [0.15, 0.2) is 0 Å². The highest BCUT2D eigenvalue weighted by Crippen LogP contribution is 2.19. The molecule has 2 fully saturated rings. The summed E-state index contributed by atoms with van der Waals surface area (Å²) in [5.74, 6) is 0.506. The van der Waals surface area contributed by atoms with E-state index in [1.807, 2.05) is 0 Å². The summed E-state index contributed by atoms with van der Waals surface area (Å²) in [6, 6.07) is 0. The molecule has 2 heterocycles. The Kier molecular flexibility index (Phi) is 4.97. The Morgan fingerprint density at radius 1 is 1.44 bits per heavy atom. The van der Waals surface area contributed by atoms with Crippen LogP contribution >= 0.6 is 0 Å². The van der Waals surface area contributed by atoms with Crippen LogP contribution in [0, 0.1) is 5.92 Å². The summed E-state index contributed by atoms with van der Waals surface area (Å²) in [6.45, 7) is 3.52. The second-order valence-electron chi connectivity index (χ2n) is 5.53. The minimum absolute atomic E-state index is 0.0589. The van der Waals surface area contributed by atoms with E-state index < -0.39 is 5.60 Å². The number of aliphatic hydroxyl groups is 1. The van der Waals surface area contributed by atoms with Crippen molar-refractivity contribution in [1.29, 1.82) is 0 Å². The molecule has 0 aromatic heterocycles. The lowest BCUT2D eigenvalue weighted by Gasteiger charge is -2.32. The lowest BCUT2D eigenvalue weighted by atomic mass is 9.93. The highest BCUT2D eigenvalue weighted by Gasteiger charge is 2.30. The van der Waals surface area contributed by atoms with Crippen LogP contribution in [0.1, 0.15) is 32.1 Å². The first-order valence-corrected chi connectivity index (χ1v) is 6.95. The van der Waals surface area contributed by atoms with Gasteiger partial charge in [-0.1, -0.05) is 0 Å². The van der Waals surface area contributed by atoms with E-state index in [4.69, 9.17) is 4.74 Å². The Bertz CT molecular complexity index is 271. The third-order valence-corrected chi connectivity index (χ3v) is 3.91. The van der Waals surface area contributed by atoms with Crippen LogP contribution in [0.3, 0.4) is 0 Å². The number of nitrogens with one attached hydrogen (secondary N) is 2. The number of carbonyl (C=O) groups excluding carboxylic acids is 1. The zero-order chi connectivity index (χ0) is 12.8. The number of carbonyl (C=O) groups is 1. The van der Waals surface area contributed by atoms with E-state index in [0.717, 1.165) is 25.9 Å². The smallest absolute Gasteiger partial charge is 0.220 e. The summed E-state index contributed by atoms with van der Waals surface area (Å²) < 4.78 is 5.21. The van der Waals surface area contributed by atoms with Crippen molar-refractivity contribution < 1.29 is 14.6 Å². The molecule has 1 amide bonds. The average molecular weight is 256 g/mol. The van der Waals surface area contributed by atoms with Gasteiger partial charge in [-0.2, -0.15) is 0 Å². The fourth-order valence-electron chi connectivity index (χ4n) is 2.62. The van der Waals surface area contributed by atoms with Crippen molar-refractivity contribution in [2.45, 2.75) is 37.7 Å². The standard InChI is InChI=1S/C13H24N2O3/c16-12(8-11-2-1-5-14-9-11)15-10-13(17)3-6-18-7-4-13/h11,14,17H,1-10H2,(H,15,16). The van der Waals surface area contributed by atoms with Gasteiger partial charge in [-0.3, -0.25) is 4.79 Å². The average Bonchev–Trinajstić information content (AvgIpc) is 2.39. The number of rotatable bonds is 4. The topological polar surface area (TPSA) is 70.6 Å². The molecular weight excluding hydrogens is 232 g/mol. The molecule has 5 nitrogen and oxygen atoms in total. The molecule has 5 heteroatoms. The van der Waals surface area contributed by atoms with E-state index in [-0.39, 0.29) is 5.91 Å². The molecule has 0 spiro atoms. The van der Waals surface area contributed by atoms with Gasteiger partial charge in [0, 0.05) is 39.0 Å². The third kappa shape index (κ3) is 4.23. The second-order valence-corrected chi connectivity index (χ2v) is 5.53. The van der Waals surface area contributed by atoms with E-state index in [1.54, 1.807) is 0 Å². The maximum atomic E-state index is 11.8. The third-order valence-electron chi connectivity index (χ3n) is 3.91. The first-order valence-electron chi connectivity index (χ1n) is 6.95. The molecule has 3 N–H and O–H groups in total. The van der Waals surface area contributed by atoms with Crippen LogP contribution in [0.5, 0.6) is 0 Å². The molecular formula is C13H24N2O3. The zero-order valence-electron chi connectivity index (χ0n) is 10.9. The minimum atomic E-state index is -0.765. The highest BCUT2D eigenvalue weighted by atomic mass is 16.5. The van der Waals surface area contributed by atoms with Crippen molar-refractivity contribution in [3.63, 3.8) is 0 Å². The Labute approximate surface area is 108 Å². The quantitative estimate of drug-likeness (QED) is 0.664. The van der Waals surface area contributed by atoms with E-state index >= 15 is 0 Å². The summed E-state index contributed by atoms with van der Waals surface area (Å²) in [5.41, 5.74) is -0.765. The molecule has 2 saturated heterocycles. The predicted molar refractivity (Wildman–Crippen MR) is 68.2 cm³/mol. The molecule has 2 aliphatic rings. The Hall–Kier alpha value is -0.650. The summed E-state index contributed by atoms with van der Waals surface area (Å²) in [6.07, 6.45) is 4.06. The molecule has 0 aromatic carbocycles. The molecule has 0 aromatic rings. The molecule has 0 bridgehead atoms. The number of piperidine rings is 1. The molecule has 2 rings (SSSR count). The van der Waals surface area contributed by atoms with E-state index in [9.17, 15) is 9.90 Å². The lowest BCUT2D eigenvalue weighted by molar-refractivity contribution is -0.125. The Morgan fingerprint density at radius 2 is 2.22 bits per heavy atom. The van der Waals surface area contributed by atoms with Gasteiger partial charge in [-0.25, -0.2) is 0 Å². The maximum Gasteiger partial charge on any atom is 0.220 e. The van der Waals surface area contributed by atoms with Gasteiger partial charge < -0.3 is 20.5 Å². The first kappa shape index (κ1) is 13.8. The summed E-state index contributed by atoms with van der Waals surface area (Å²) in [5, 5.41) is 16.4. The molecule has 1 unspecified atom stereocenters. The van der Waals surface area contributed by atoms with E-state index in [1.165, 1.54) is 0 Å². The zero-order valence-corrected chi connectivity index (χ0v) is 10.9.